The summed E-state index contributed by atoms with van der Waals surface area (Å²) in [7, 11) is 0. The van der Waals surface area contributed by atoms with E-state index in [1.807, 2.05) is 0 Å². The summed E-state index contributed by atoms with van der Waals surface area (Å²) in [5.74, 6) is -2.35. The molecule has 0 saturated heterocycles. The van der Waals surface area contributed by atoms with E-state index in [2.05, 4.69) is 0 Å². The largest absolute Gasteiger partial charge is 0.478 e. The van der Waals surface area contributed by atoms with Crippen LogP contribution in [0.5, 0.6) is 11.5 Å². The van der Waals surface area contributed by atoms with Crippen molar-refractivity contribution in [3.05, 3.63) is 62.9 Å². The fourth-order valence-electron chi connectivity index (χ4n) is 1.56. The van der Waals surface area contributed by atoms with Gasteiger partial charge in [-0.15, -0.1) is 0 Å². The third-order valence-electron chi connectivity index (χ3n) is 2.51. The first-order chi connectivity index (χ1) is 9.88. The van der Waals surface area contributed by atoms with Gasteiger partial charge in [0.05, 0.1) is 21.6 Å². The molecular weight excluding hydrogens is 305 g/mol. The summed E-state index contributed by atoms with van der Waals surface area (Å²) in [6, 6.07) is 6.94. The maximum atomic E-state index is 13.3. The van der Waals surface area contributed by atoms with E-state index in [0.29, 0.717) is 6.07 Å². The number of carboxylic acid groups (broad SMARTS) is 1. The summed E-state index contributed by atoms with van der Waals surface area (Å²) in [4.78, 5) is 20.9. The first-order valence-corrected chi connectivity index (χ1v) is 5.91. The zero-order chi connectivity index (χ0) is 15.6. The molecule has 0 unspecified atom stereocenters. The van der Waals surface area contributed by atoms with Crippen molar-refractivity contribution in [1.82, 2.24) is 0 Å². The van der Waals surface area contributed by atoms with Crippen LogP contribution in [0.25, 0.3) is 0 Å². The van der Waals surface area contributed by atoms with Crippen molar-refractivity contribution < 1.29 is 24.0 Å². The van der Waals surface area contributed by atoms with E-state index in [4.69, 9.17) is 21.4 Å². The summed E-state index contributed by atoms with van der Waals surface area (Å²) in [6.07, 6.45) is 0. The summed E-state index contributed by atoms with van der Waals surface area (Å²) in [5, 5.41) is 19.4. The first kappa shape index (κ1) is 14.7. The Kier molecular flexibility index (Phi) is 4.04. The Hall–Kier alpha value is -2.67. The van der Waals surface area contributed by atoms with Crippen LogP contribution < -0.4 is 4.74 Å². The molecule has 21 heavy (non-hydrogen) atoms. The molecule has 0 fully saturated rings. The lowest BCUT2D eigenvalue weighted by molar-refractivity contribution is -0.385. The quantitative estimate of drug-likeness (QED) is 0.683. The maximum absolute atomic E-state index is 13.3. The molecule has 0 spiro atoms. The fraction of sp³-hybridized carbons (Fsp3) is 0. The van der Waals surface area contributed by atoms with Gasteiger partial charge >= 0.3 is 11.7 Å². The molecule has 1 N–H and O–H groups in total. The van der Waals surface area contributed by atoms with Crippen LogP contribution in [0.2, 0.25) is 5.02 Å². The van der Waals surface area contributed by atoms with Crippen LogP contribution in [-0.4, -0.2) is 16.0 Å². The monoisotopic (exact) mass is 311 g/mol. The highest BCUT2D eigenvalue weighted by atomic mass is 35.5. The van der Waals surface area contributed by atoms with Gasteiger partial charge in [-0.2, -0.15) is 0 Å². The minimum atomic E-state index is -1.17. The number of aromatic carboxylic acids is 1. The summed E-state index contributed by atoms with van der Waals surface area (Å²) in [6.45, 7) is 0. The molecule has 2 rings (SSSR count). The maximum Gasteiger partial charge on any atom is 0.335 e. The minimum absolute atomic E-state index is 0.0524. The fourth-order valence-corrected chi connectivity index (χ4v) is 1.72. The number of halogens is 2. The van der Waals surface area contributed by atoms with E-state index in [1.54, 1.807) is 0 Å². The van der Waals surface area contributed by atoms with Crippen LogP contribution in [0, 0.1) is 15.9 Å². The van der Waals surface area contributed by atoms with E-state index in [0.717, 1.165) is 6.07 Å². The summed E-state index contributed by atoms with van der Waals surface area (Å²) < 4.78 is 18.5. The van der Waals surface area contributed by atoms with Gasteiger partial charge in [0.2, 0.25) is 5.75 Å². The number of carboxylic acids is 1. The van der Waals surface area contributed by atoms with Crippen LogP contribution >= 0.6 is 11.6 Å². The molecule has 0 aliphatic carbocycles. The highest BCUT2D eigenvalue weighted by Crippen LogP contribution is 2.35. The molecule has 0 aromatic heterocycles. The zero-order valence-corrected chi connectivity index (χ0v) is 11.0. The number of hydrogen-bond acceptors (Lipinski definition) is 4. The molecule has 108 valence electrons. The van der Waals surface area contributed by atoms with Crippen molar-refractivity contribution in [2.24, 2.45) is 0 Å². The Morgan fingerprint density at radius 2 is 2.05 bits per heavy atom. The van der Waals surface area contributed by atoms with Gasteiger partial charge in [-0.1, -0.05) is 17.7 Å². The lowest BCUT2D eigenvalue weighted by Gasteiger charge is -2.08. The predicted octanol–water partition coefficient (Wildman–Crippen LogP) is 3.88. The second-order valence-electron chi connectivity index (χ2n) is 3.93. The van der Waals surface area contributed by atoms with Crippen molar-refractivity contribution >= 4 is 23.3 Å². The molecule has 0 aliphatic heterocycles. The number of carbonyl (C=O) groups is 1. The number of nitro groups is 1. The molecule has 6 nitrogen and oxygen atoms in total. The number of nitrogens with zero attached hydrogens (tertiary/aromatic N) is 1. The molecule has 0 aliphatic rings. The Morgan fingerprint density at radius 3 is 2.67 bits per heavy atom. The summed E-state index contributed by atoms with van der Waals surface area (Å²) >= 11 is 5.57. The average molecular weight is 312 g/mol. The van der Waals surface area contributed by atoms with Gasteiger partial charge in [-0.25, -0.2) is 9.18 Å². The third kappa shape index (κ3) is 3.26. The van der Waals surface area contributed by atoms with Crippen molar-refractivity contribution in [3.8, 4) is 11.5 Å². The van der Waals surface area contributed by atoms with Crippen LogP contribution in [0.1, 0.15) is 10.4 Å². The first-order valence-electron chi connectivity index (χ1n) is 5.53. The SMILES string of the molecule is O=C(O)c1cccc(Oc2cc(Cl)c(F)cc2[N+](=O)[O-])c1. The highest BCUT2D eigenvalue weighted by molar-refractivity contribution is 6.31. The highest BCUT2D eigenvalue weighted by Gasteiger charge is 2.20. The molecule has 8 heteroatoms. The van der Waals surface area contributed by atoms with E-state index in [1.165, 1.54) is 24.3 Å². The van der Waals surface area contributed by atoms with Gasteiger partial charge in [0.15, 0.2) is 0 Å². The van der Waals surface area contributed by atoms with Gasteiger partial charge in [-0.05, 0) is 18.2 Å². The molecule has 2 aromatic rings. The van der Waals surface area contributed by atoms with Gasteiger partial charge in [-0.3, -0.25) is 10.1 Å². The second-order valence-corrected chi connectivity index (χ2v) is 4.33. The molecule has 0 atom stereocenters. The average Bonchev–Trinajstić information content (AvgIpc) is 2.42. The zero-order valence-electron chi connectivity index (χ0n) is 10.2. The lowest BCUT2D eigenvalue weighted by Crippen LogP contribution is -1.98. The van der Waals surface area contributed by atoms with E-state index < -0.39 is 22.4 Å². The van der Waals surface area contributed by atoms with E-state index >= 15 is 0 Å². The lowest BCUT2D eigenvalue weighted by atomic mass is 10.2. The number of ether oxygens (including phenoxy) is 1. The van der Waals surface area contributed by atoms with Crippen LogP contribution in [0.4, 0.5) is 10.1 Å². The number of benzene rings is 2. The van der Waals surface area contributed by atoms with Crippen LogP contribution in [0.3, 0.4) is 0 Å². The molecule has 0 heterocycles. The second kappa shape index (κ2) is 5.76. The van der Waals surface area contributed by atoms with Crippen molar-refractivity contribution in [3.63, 3.8) is 0 Å². The van der Waals surface area contributed by atoms with Crippen LogP contribution in [-0.2, 0) is 0 Å². The Bertz CT molecular complexity index is 734. The van der Waals surface area contributed by atoms with Crippen molar-refractivity contribution in [2.75, 3.05) is 0 Å². The smallest absolute Gasteiger partial charge is 0.335 e. The standard InChI is InChI=1S/C13H7ClFNO5/c14-9-5-12(11(16(19)20)6-10(9)15)21-8-3-1-2-7(4-8)13(17)18/h1-6H,(H,17,18). The van der Waals surface area contributed by atoms with Gasteiger partial charge < -0.3 is 9.84 Å². The molecule has 0 saturated carbocycles. The Morgan fingerprint density at radius 1 is 1.33 bits per heavy atom. The van der Waals surface area contributed by atoms with Gasteiger partial charge in [0.1, 0.15) is 11.6 Å². The van der Waals surface area contributed by atoms with Gasteiger partial charge in [0, 0.05) is 6.07 Å². The van der Waals surface area contributed by atoms with Crippen molar-refractivity contribution in [1.29, 1.82) is 0 Å². The van der Waals surface area contributed by atoms with E-state index in [-0.39, 0.29) is 22.1 Å². The van der Waals surface area contributed by atoms with Crippen LogP contribution in [0.15, 0.2) is 36.4 Å². The molecular formula is C13H7ClFNO5. The Labute approximate surface area is 122 Å². The topological polar surface area (TPSA) is 89.7 Å². The molecule has 0 radical (unpaired) electrons. The normalized spacial score (nSPS) is 10.2. The number of rotatable bonds is 4. The predicted molar refractivity (Wildman–Crippen MR) is 71.5 cm³/mol. The summed E-state index contributed by atoms with van der Waals surface area (Å²) in [5.41, 5.74) is -0.666. The van der Waals surface area contributed by atoms with E-state index in [9.17, 15) is 19.3 Å². The minimum Gasteiger partial charge on any atom is -0.478 e. The van der Waals surface area contributed by atoms with Crippen molar-refractivity contribution in [2.45, 2.75) is 0 Å². The number of hydrogen-bond donors (Lipinski definition) is 1. The Balaban J connectivity index is 2.43. The molecule has 0 amide bonds. The molecule has 2 aromatic carbocycles. The van der Waals surface area contributed by atoms with Gasteiger partial charge in [0.25, 0.3) is 0 Å². The number of nitro benzene ring substituents is 1. The molecule has 0 bridgehead atoms. The third-order valence-corrected chi connectivity index (χ3v) is 2.80.